The number of alkyl halides is 3. The topological polar surface area (TPSA) is 81.8 Å². The molecule has 0 aliphatic heterocycles. The molecule has 10 heteroatoms. The molecule has 7 nitrogen and oxygen atoms in total. The van der Waals surface area contributed by atoms with E-state index < -0.39 is 17.9 Å². The van der Waals surface area contributed by atoms with Crippen LogP contribution in [0, 0.1) is 6.92 Å². The van der Waals surface area contributed by atoms with Crippen LogP contribution in [0.5, 0.6) is 0 Å². The number of imidazole rings is 1. The van der Waals surface area contributed by atoms with Crippen LogP contribution in [0.4, 0.5) is 18.9 Å². The van der Waals surface area contributed by atoms with Crippen LogP contribution in [0.3, 0.4) is 0 Å². The molecule has 4 rings (SSSR count). The molecule has 0 spiro atoms. The van der Waals surface area contributed by atoms with Crippen LogP contribution in [0.15, 0.2) is 47.3 Å². The molecule has 0 radical (unpaired) electrons. The lowest BCUT2D eigenvalue weighted by Crippen LogP contribution is -2.30. The fourth-order valence-corrected chi connectivity index (χ4v) is 3.34. The van der Waals surface area contributed by atoms with Crippen molar-refractivity contribution in [1.29, 1.82) is 0 Å². The van der Waals surface area contributed by atoms with E-state index in [1.807, 2.05) is 0 Å². The Kier molecular flexibility index (Phi) is 4.56. The maximum atomic E-state index is 13.0. The molecule has 154 valence electrons. The zero-order chi connectivity index (χ0) is 21.6. The molecule has 0 aliphatic carbocycles. The van der Waals surface area contributed by atoms with E-state index in [2.05, 4.69) is 15.3 Å². The van der Waals surface area contributed by atoms with E-state index in [9.17, 15) is 22.8 Å². The van der Waals surface area contributed by atoms with Crippen molar-refractivity contribution >= 4 is 33.5 Å². The number of carbonyl (C=O) groups excluding carboxylic acids is 1. The number of fused-ring (bicyclic) bond motifs is 2. The fraction of sp³-hybridized carbons (Fsp3) is 0.200. The highest BCUT2D eigenvalue weighted by molar-refractivity contribution is 5.93. The Morgan fingerprint density at radius 3 is 2.57 bits per heavy atom. The van der Waals surface area contributed by atoms with Gasteiger partial charge in [-0.15, -0.1) is 0 Å². The van der Waals surface area contributed by atoms with Gasteiger partial charge in [0.25, 0.3) is 5.56 Å². The SMILES string of the molecule is Cc1nc2ccccc2c(=O)n1CC(=O)Nc1ccc2c(c1)nc(C(F)(F)F)n2C. The third-order valence-corrected chi connectivity index (χ3v) is 4.77. The number of carbonyl (C=O) groups is 1. The number of para-hydroxylation sites is 1. The van der Waals surface area contributed by atoms with Crippen LogP contribution in [-0.2, 0) is 24.6 Å². The molecule has 2 aromatic carbocycles. The maximum absolute atomic E-state index is 13.0. The maximum Gasteiger partial charge on any atom is 0.449 e. The first-order valence-electron chi connectivity index (χ1n) is 8.95. The summed E-state index contributed by atoms with van der Waals surface area (Å²) in [6, 6.07) is 11.1. The molecular formula is C20H16F3N5O2. The molecular weight excluding hydrogens is 399 g/mol. The number of halogens is 3. The van der Waals surface area contributed by atoms with Gasteiger partial charge < -0.3 is 9.88 Å². The van der Waals surface area contributed by atoms with Crippen LogP contribution in [0.1, 0.15) is 11.6 Å². The molecule has 0 fully saturated rings. The molecule has 1 N–H and O–H groups in total. The van der Waals surface area contributed by atoms with E-state index in [1.54, 1.807) is 31.2 Å². The number of hydrogen-bond acceptors (Lipinski definition) is 4. The second-order valence-electron chi connectivity index (χ2n) is 6.81. The highest BCUT2D eigenvalue weighted by Crippen LogP contribution is 2.31. The minimum absolute atomic E-state index is 0.100. The van der Waals surface area contributed by atoms with Crippen molar-refractivity contribution in [2.45, 2.75) is 19.6 Å². The van der Waals surface area contributed by atoms with E-state index in [1.165, 1.54) is 29.8 Å². The number of nitrogens with zero attached hydrogens (tertiary/aromatic N) is 4. The van der Waals surface area contributed by atoms with E-state index >= 15 is 0 Å². The number of anilines is 1. The first-order chi connectivity index (χ1) is 14.1. The van der Waals surface area contributed by atoms with Gasteiger partial charge in [-0.05, 0) is 37.3 Å². The number of rotatable bonds is 3. The molecule has 30 heavy (non-hydrogen) atoms. The van der Waals surface area contributed by atoms with Crippen molar-refractivity contribution < 1.29 is 18.0 Å². The van der Waals surface area contributed by atoms with Crippen LogP contribution >= 0.6 is 0 Å². The first-order valence-corrected chi connectivity index (χ1v) is 8.95. The Bertz CT molecular complexity index is 1350. The van der Waals surface area contributed by atoms with Crippen molar-refractivity contribution in [2.75, 3.05) is 5.32 Å². The Labute approximate surface area is 167 Å². The van der Waals surface area contributed by atoms with Gasteiger partial charge in [-0.3, -0.25) is 14.2 Å². The quantitative estimate of drug-likeness (QED) is 0.557. The van der Waals surface area contributed by atoms with Crippen molar-refractivity contribution in [3.05, 3.63) is 64.5 Å². The smallest absolute Gasteiger partial charge is 0.324 e. The van der Waals surface area contributed by atoms with Crippen LogP contribution < -0.4 is 10.9 Å². The molecule has 4 aromatic rings. The minimum atomic E-state index is -4.58. The predicted octanol–water partition coefficient (Wildman–Crippen LogP) is 3.25. The summed E-state index contributed by atoms with van der Waals surface area (Å²) in [6.45, 7) is 1.34. The Morgan fingerprint density at radius 1 is 1.10 bits per heavy atom. The van der Waals surface area contributed by atoms with E-state index in [-0.39, 0.29) is 28.8 Å². The predicted molar refractivity (Wildman–Crippen MR) is 105 cm³/mol. The molecule has 0 bridgehead atoms. The molecule has 0 aliphatic rings. The van der Waals surface area contributed by atoms with Gasteiger partial charge in [0, 0.05) is 12.7 Å². The highest BCUT2D eigenvalue weighted by Gasteiger charge is 2.36. The summed E-state index contributed by atoms with van der Waals surface area (Å²) in [6.07, 6.45) is -4.58. The lowest BCUT2D eigenvalue weighted by Gasteiger charge is -2.11. The average molecular weight is 415 g/mol. The average Bonchev–Trinajstić information content (AvgIpc) is 3.01. The lowest BCUT2D eigenvalue weighted by molar-refractivity contribution is -0.146. The van der Waals surface area contributed by atoms with Gasteiger partial charge in [-0.2, -0.15) is 13.2 Å². The van der Waals surface area contributed by atoms with Gasteiger partial charge in [0.15, 0.2) is 0 Å². The van der Waals surface area contributed by atoms with Crippen LogP contribution in [-0.4, -0.2) is 25.0 Å². The van der Waals surface area contributed by atoms with Crippen molar-refractivity contribution in [1.82, 2.24) is 19.1 Å². The lowest BCUT2D eigenvalue weighted by atomic mass is 10.2. The number of benzene rings is 2. The Morgan fingerprint density at radius 2 is 1.83 bits per heavy atom. The highest BCUT2D eigenvalue weighted by atomic mass is 19.4. The molecule has 0 saturated heterocycles. The number of hydrogen-bond donors (Lipinski definition) is 1. The van der Waals surface area contributed by atoms with Crippen molar-refractivity contribution in [3.63, 3.8) is 0 Å². The number of aromatic nitrogens is 4. The summed E-state index contributed by atoms with van der Waals surface area (Å²) in [5, 5.41) is 2.99. The molecule has 2 heterocycles. The monoisotopic (exact) mass is 415 g/mol. The van der Waals surface area contributed by atoms with E-state index in [4.69, 9.17) is 0 Å². The van der Waals surface area contributed by atoms with Crippen molar-refractivity contribution in [3.8, 4) is 0 Å². The van der Waals surface area contributed by atoms with Gasteiger partial charge in [0.2, 0.25) is 11.7 Å². The molecule has 0 atom stereocenters. The molecule has 1 amide bonds. The number of nitrogens with one attached hydrogen (secondary N) is 1. The summed E-state index contributed by atoms with van der Waals surface area (Å²) in [4.78, 5) is 33.1. The summed E-state index contributed by atoms with van der Waals surface area (Å²) >= 11 is 0. The van der Waals surface area contributed by atoms with Gasteiger partial charge in [-0.1, -0.05) is 12.1 Å². The zero-order valence-electron chi connectivity index (χ0n) is 16.0. The summed E-state index contributed by atoms with van der Waals surface area (Å²) in [5.74, 6) is -1.15. The van der Waals surface area contributed by atoms with Crippen LogP contribution in [0.25, 0.3) is 21.9 Å². The normalized spacial score (nSPS) is 11.9. The number of amides is 1. The van der Waals surface area contributed by atoms with Crippen molar-refractivity contribution in [2.24, 2.45) is 7.05 Å². The second-order valence-corrected chi connectivity index (χ2v) is 6.81. The Hall–Kier alpha value is -3.69. The second kappa shape index (κ2) is 6.97. The van der Waals surface area contributed by atoms with E-state index in [0.29, 0.717) is 16.7 Å². The Balaban J connectivity index is 1.61. The summed E-state index contributed by atoms with van der Waals surface area (Å²) < 4.78 is 41.3. The third-order valence-electron chi connectivity index (χ3n) is 4.77. The molecule has 0 saturated carbocycles. The largest absolute Gasteiger partial charge is 0.449 e. The first kappa shape index (κ1) is 19.6. The van der Waals surface area contributed by atoms with Crippen LogP contribution in [0.2, 0.25) is 0 Å². The van der Waals surface area contributed by atoms with Gasteiger partial charge in [-0.25, -0.2) is 9.97 Å². The third kappa shape index (κ3) is 3.40. The van der Waals surface area contributed by atoms with E-state index in [0.717, 1.165) is 4.57 Å². The van der Waals surface area contributed by atoms with Gasteiger partial charge >= 0.3 is 6.18 Å². The standard InChI is InChI=1S/C20H16F3N5O2/c1-11-24-14-6-4-3-5-13(14)18(30)28(11)10-17(29)25-12-7-8-16-15(9-12)26-19(27(16)2)20(21,22)23/h3-9H,10H2,1-2H3,(H,25,29). The fourth-order valence-electron chi connectivity index (χ4n) is 3.34. The zero-order valence-corrected chi connectivity index (χ0v) is 16.0. The molecule has 0 unspecified atom stereocenters. The number of aryl methyl sites for hydroxylation is 2. The minimum Gasteiger partial charge on any atom is -0.324 e. The summed E-state index contributed by atoms with van der Waals surface area (Å²) in [7, 11) is 1.28. The summed E-state index contributed by atoms with van der Waals surface area (Å²) in [5.41, 5.74) is 0.856. The van der Waals surface area contributed by atoms with Gasteiger partial charge in [0.05, 0.1) is 21.9 Å². The molecule has 2 aromatic heterocycles. The van der Waals surface area contributed by atoms with Gasteiger partial charge in [0.1, 0.15) is 12.4 Å².